The number of ether oxygens (including phenoxy) is 1. The highest BCUT2D eigenvalue weighted by atomic mass is 32.1. The Bertz CT molecular complexity index is 602. The van der Waals surface area contributed by atoms with Gasteiger partial charge in [0.05, 0.1) is 19.2 Å². The number of aryl methyl sites for hydroxylation is 2. The van der Waals surface area contributed by atoms with Crippen LogP contribution in [0.4, 0.5) is 10.8 Å². The lowest BCUT2D eigenvalue weighted by Gasteiger charge is -2.17. The fourth-order valence-electron chi connectivity index (χ4n) is 2.01. The van der Waals surface area contributed by atoms with E-state index in [1.54, 1.807) is 0 Å². The number of carbonyl (C=O) groups is 1. The quantitative estimate of drug-likeness (QED) is 0.811. The predicted octanol–water partition coefficient (Wildman–Crippen LogP) is 3.24. The molecule has 0 aliphatic heterocycles. The molecule has 2 aromatic rings. The van der Waals surface area contributed by atoms with Gasteiger partial charge >= 0.3 is 5.97 Å². The van der Waals surface area contributed by atoms with E-state index < -0.39 is 0 Å². The molecule has 0 unspecified atom stereocenters. The summed E-state index contributed by atoms with van der Waals surface area (Å²) in [7, 11) is 3.37. The van der Waals surface area contributed by atoms with Crippen LogP contribution in [0.15, 0.2) is 23.6 Å². The second-order valence-electron chi connectivity index (χ2n) is 4.78. The zero-order chi connectivity index (χ0) is 14.7. The summed E-state index contributed by atoms with van der Waals surface area (Å²) in [4.78, 5) is 17.8. The van der Waals surface area contributed by atoms with Crippen LogP contribution in [0.25, 0.3) is 0 Å². The Balaban J connectivity index is 2.20. The molecule has 0 fully saturated rings. The molecule has 5 heteroatoms. The van der Waals surface area contributed by atoms with Crippen LogP contribution in [0.3, 0.4) is 0 Å². The summed E-state index contributed by atoms with van der Waals surface area (Å²) < 4.78 is 4.65. The number of nitrogens with zero attached hydrogens (tertiary/aromatic N) is 2. The molecule has 106 valence electrons. The van der Waals surface area contributed by atoms with Gasteiger partial charge in [0.25, 0.3) is 0 Å². The first-order valence-corrected chi connectivity index (χ1v) is 7.21. The van der Waals surface area contributed by atoms with E-state index in [4.69, 9.17) is 0 Å². The molecular formula is C15H18N2O2S. The maximum atomic E-state index is 11.2. The monoisotopic (exact) mass is 290 g/mol. The largest absolute Gasteiger partial charge is 0.469 e. The van der Waals surface area contributed by atoms with Gasteiger partial charge in [0.2, 0.25) is 0 Å². The van der Waals surface area contributed by atoms with Crippen LogP contribution < -0.4 is 4.90 Å². The van der Waals surface area contributed by atoms with Crippen molar-refractivity contribution in [3.05, 3.63) is 40.4 Å². The molecule has 1 aromatic carbocycles. The zero-order valence-electron chi connectivity index (χ0n) is 12.1. The van der Waals surface area contributed by atoms with Crippen molar-refractivity contribution in [1.29, 1.82) is 0 Å². The fourth-order valence-corrected chi connectivity index (χ4v) is 2.82. The van der Waals surface area contributed by atoms with Crippen LogP contribution in [0.2, 0.25) is 0 Å². The number of esters is 1. The van der Waals surface area contributed by atoms with Gasteiger partial charge in [-0.3, -0.25) is 4.79 Å². The predicted molar refractivity (Wildman–Crippen MR) is 81.8 cm³/mol. The van der Waals surface area contributed by atoms with Crippen molar-refractivity contribution >= 4 is 28.1 Å². The Morgan fingerprint density at radius 2 is 1.95 bits per heavy atom. The van der Waals surface area contributed by atoms with E-state index >= 15 is 0 Å². The van der Waals surface area contributed by atoms with E-state index in [9.17, 15) is 4.79 Å². The lowest BCUT2D eigenvalue weighted by molar-refractivity contribution is -0.139. The maximum absolute atomic E-state index is 11.2. The lowest BCUT2D eigenvalue weighted by atomic mass is 10.1. The van der Waals surface area contributed by atoms with Crippen LogP contribution in [0.1, 0.15) is 16.8 Å². The first kappa shape index (κ1) is 14.5. The Morgan fingerprint density at radius 3 is 2.55 bits per heavy atom. The van der Waals surface area contributed by atoms with Gasteiger partial charge in [-0.15, -0.1) is 11.3 Å². The highest BCUT2D eigenvalue weighted by Crippen LogP contribution is 2.28. The van der Waals surface area contributed by atoms with Gasteiger partial charge in [0.1, 0.15) is 0 Å². The smallest absolute Gasteiger partial charge is 0.311 e. The molecule has 0 aliphatic carbocycles. The standard InChI is InChI=1S/C15H18N2O2S/c1-10-5-11(2)7-13(6-10)17(3)15-16-12(9-20-15)8-14(18)19-4/h5-7,9H,8H2,1-4H3. The van der Waals surface area contributed by atoms with Crippen molar-refractivity contribution in [3.8, 4) is 0 Å². The molecule has 4 nitrogen and oxygen atoms in total. The van der Waals surface area contributed by atoms with Gasteiger partial charge in [-0.25, -0.2) is 4.98 Å². The molecule has 0 saturated heterocycles. The minimum atomic E-state index is -0.268. The first-order valence-electron chi connectivity index (χ1n) is 6.33. The van der Waals surface area contributed by atoms with Crippen molar-refractivity contribution in [2.45, 2.75) is 20.3 Å². The van der Waals surface area contributed by atoms with Crippen LogP contribution in [-0.4, -0.2) is 25.1 Å². The van der Waals surface area contributed by atoms with Crippen LogP contribution >= 0.6 is 11.3 Å². The van der Waals surface area contributed by atoms with E-state index in [2.05, 4.69) is 41.8 Å². The normalized spacial score (nSPS) is 10.4. The number of hydrogen-bond acceptors (Lipinski definition) is 5. The van der Waals surface area contributed by atoms with Gasteiger partial charge in [-0.05, 0) is 37.1 Å². The Morgan fingerprint density at radius 1 is 1.30 bits per heavy atom. The summed E-state index contributed by atoms with van der Waals surface area (Å²) in [6.45, 7) is 4.16. The van der Waals surface area contributed by atoms with Crippen molar-refractivity contribution < 1.29 is 9.53 Å². The zero-order valence-corrected chi connectivity index (χ0v) is 13.0. The molecule has 1 aromatic heterocycles. The number of aromatic nitrogens is 1. The third-order valence-corrected chi connectivity index (χ3v) is 3.94. The molecule has 0 bridgehead atoms. The summed E-state index contributed by atoms with van der Waals surface area (Å²) in [5, 5.41) is 2.76. The molecule has 0 N–H and O–H groups in total. The van der Waals surface area contributed by atoms with Crippen LogP contribution in [0, 0.1) is 13.8 Å². The number of methoxy groups -OCH3 is 1. The third kappa shape index (κ3) is 3.36. The number of carbonyl (C=O) groups excluding carboxylic acids is 1. The van der Waals surface area contributed by atoms with Crippen molar-refractivity contribution in [3.63, 3.8) is 0 Å². The van der Waals surface area contributed by atoms with E-state index in [-0.39, 0.29) is 12.4 Å². The molecule has 0 aliphatic rings. The first-order chi connectivity index (χ1) is 9.49. The van der Waals surface area contributed by atoms with E-state index in [0.717, 1.165) is 16.5 Å². The second kappa shape index (κ2) is 6.05. The van der Waals surface area contributed by atoms with Gasteiger partial charge in [-0.1, -0.05) is 6.07 Å². The van der Waals surface area contributed by atoms with Gasteiger partial charge in [0.15, 0.2) is 5.13 Å². The second-order valence-corrected chi connectivity index (χ2v) is 5.62. The molecule has 0 atom stereocenters. The summed E-state index contributed by atoms with van der Waals surface area (Å²) >= 11 is 1.52. The maximum Gasteiger partial charge on any atom is 0.311 e. The molecule has 0 radical (unpaired) electrons. The van der Waals surface area contributed by atoms with Gasteiger partial charge in [-0.2, -0.15) is 0 Å². The van der Waals surface area contributed by atoms with Gasteiger partial charge in [0, 0.05) is 18.1 Å². The highest BCUT2D eigenvalue weighted by molar-refractivity contribution is 7.13. The fraction of sp³-hybridized carbons (Fsp3) is 0.333. The summed E-state index contributed by atoms with van der Waals surface area (Å²) in [6.07, 6.45) is 0.216. The van der Waals surface area contributed by atoms with Crippen LogP contribution in [0.5, 0.6) is 0 Å². The summed E-state index contributed by atoms with van der Waals surface area (Å²) in [5.41, 5.74) is 4.28. The SMILES string of the molecule is COC(=O)Cc1csc(N(C)c2cc(C)cc(C)c2)n1. The Kier molecular flexibility index (Phi) is 4.39. The molecule has 20 heavy (non-hydrogen) atoms. The number of benzene rings is 1. The molecule has 0 saturated carbocycles. The molecule has 2 rings (SSSR count). The molecular weight excluding hydrogens is 272 g/mol. The third-order valence-electron chi connectivity index (χ3n) is 2.97. The van der Waals surface area contributed by atoms with E-state index in [0.29, 0.717) is 0 Å². The topological polar surface area (TPSA) is 42.4 Å². The average Bonchev–Trinajstić information content (AvgIpc) is 2.85. The number of thiazole rings is 1. The minimum Gasteiger partial charge on any atom is -0.469 e. The Labute approximate surface area is 123 Å². The lowest BCUT2D eigenvalue weighted by Crippen LogP contribution is -2.10. The highest BCUT2D eigenvalue weighted by Gasteiger charge is 2.12. The number of hydrogen-bond donors (Lipinski definition) is 0. The molecule has 0 spiro atoms. The van der Waals surface area contributed by atoms with Crippen molar-refractivity contribution in [2.75, 3.05) is 19.1 Å². The number of rotatable bonds is 4. The van der Waals surface area contributed by atoms with E-state index in [1.165, 1.54) is 29.6 Å². The number of anilines is 2. The summed E-state index contributed by atoms with van der Waals surface area (Å²) in [6, 6.07) is 6.38. The molecule has 0 amide bonds. The summed E-state index contributed by atoms with van der Waals surface area (Å²) in [5.74, 6) is -0.268. The van der Waals surface area contributed by atoms with Crippen molar-refractivity contribution in [2.24, 2.45) is 0 Å². The van der Waals surface area contributed by atoms with Crippen LogP contribution in [-0.2, 0) is 16.0 Å². The minimum absolute atomic E-state index is 0.216. The van der Waals surface area contributed by atoms with E-state index in [1.807, 2.05) is 17.3 Å². The Hall–Kier alpha value is -1.88. The average molecular weight is 290 g/mol. The molecule has 1 heterocycles. The van der Waals surface area contributed by atoms with Crippen molar-refractivity contribution in [1.82, 2.24) is 4.98 Å². The van der Waals surface area contributed by atoms with Gasteiger partial charge < -0.3 is 9.64 Å².